The number of benzene rings is 1. The zero-order valence-corrected chi connectivity index (χ0v) is 14.0. The lowest BCUT2D eigenvalue weighted by Crippen LogP contribution is -2.51. The molecule has 122 valence electrons. The van der Waals surface area contributed by atoms with Gasteiger partial charge in [-0.3, -0.25) is 4.21 Å². The van der Waals surface area contributed by atoms with Gasteiger partial charge in [0.15, 0.2) is 0 Å². The van der Waals surface area contributed by atoms with Gasteiger partial charge in [0, 0.05) is 48.4 Å². The SMILES string of the molecule is C[C@H](CNC(=O)N1CCO[C@@H](Cc2ccccc2)C1)[S@](C)=O. The van der Waals surface area contributed by atoms with E-state index in [-0.39, 0.29) is 17.4 Å². The third kappa shape index (κ3) is 5.10. The van der Waals surface area contributed by atoms with Crippen molar-refractivity contribution in [2.24, 2.45) is 0 Å². The Hall–Kier alpha value is -1.40. The zero-order valence-electron chi connectivity index (χ0n) is 13.2. The summed E-state index contributed by atoms with van der Waals surface area (Å²) in [6, 6.07) is 10.0. The van der Waals surface area contributed by atoms with E-state index in [1.165, 1.54) is 5.56 Å². The summed E-state index contributed by atoms with van der Waals surface area (Å²) in [5.41, 5.74) is 1.21. The summed E-state index contributed by atoms with van der Waals surface area (Å²) in [5.74, 6) is 0. The standard InChI is InChI=1S/C16H24N2O3S/c1-13(22(2)20)11-17-16(19)18-8-9-21-15(12-18)10-14-6-4-3-5-7-14/h3-7,13,15H,8-12H2,1-2H3,(H,17,19)/t13-,15+,22+/m1/s1. The molecule has 1 aromatic carbocycles. The van der Waals surface area contributed by atoms with Gasteiger partial charge in [-0.05, 0) is 12.5 Å². The first kappa shape index (κ1) is 17.0. The molecule has 1 heterocycles. The Morgan fingerprint density at radius 3 is 2.86 bits per heavy atom. The normalized spacial score (nSPS) is 21.2. The molecule has 2 rings (SSSR count). The van der Waals surface area contributed by atoms with E-state index in [1.54, 1.807) is 11.2 Å². The topological polar surface area (TPSA) is 58.6 Å². The molecule has 5 nitrogen and oxygen atoms in total. The molecule has 0 unspecified atom stereocenters. The molecule has 0 spiro atoms. The van der Waals surface area contributed by atoms with Gasteiger partial charge in [0.1, 0.15) is 0 Å². The summed E-state index contributed by atoms with van der Waals surface area (Å²) >= 11 is 0. The van der Waals surface area contributed by atoms with Crippen LogP contribution < -0.4 is 5.32 Å². The van der Waals surface area contributed by atoms with Crippen molar-refractivity contribution in [1.29, 1.82) is 0 Å². The number of rotatable bonds is 5. The fourth-order valence-electron chi connectivity index (χ4n) is 2.36. The van der Waals surface area contributed by atoms with Gasteiger partial charge < -0.3 is 15.0 Å². The van der Waals surface area contributed by atoms with Gasteiger partial charge >= 0.3 is 6.03 Å². The van der Waals surface area contributed by atoms with Crippen LogP contribution >= 0.6 is 0 Å². The van der Waals surface area contributed by atoms with E-state index in [9.17, 15) is 9.00 Å². The van der Waals surface area contributed by atoms with Gasteiger partial charge in [-0.2, -0.15) is 0 Å². The molecule has 6 heteroatoms. The van der Waals surface area contributed by atoms with Gasteiger partial charge in [0.05, 0.1) is 12.7 Å². The minimum atomic E-state index is -0.923. The molecule has 0 bridgehead atoms. The molecule has 1 saturated heterocycles. The van der Waals surface area contributed by atoms with Crippen molar-refractivity contribution in [1.82, 2.24) is 10.2 Å². The highest BCUT2D eigenvalue weighted by molar-refractivity contribution is 7.84. The summed E-state index contributed by atoms with van der Waals surface area (Å²) in [7, 11) is -0.923. The fourth-order valence-corrected chi connectivity index (χ4v) is 2.68. The summed E-state index contributed by atoms with van der Waals surface area (Å²) in [5, 5.41) is 2.82. The van der Waals surface area contributed by atoms with E-state index >= 15 is 0 Å². The number of carbonyl (C=O) groups excluding carboxylic acids is 1. The average Bonchev–Trinajstić information content (AvgIpc) is 2.53. The molecule has 0 saturated carbocycles. The minimum Gasteiger partial charge on any atom is -0.374 e. The average molecular weight is 324 g/mol. The van der Waals surface area contributed by atoms with E-state index in [4.69, 9.17) is 4.74 Å². The Kier molecular flexibility index (Phi) is 6.39. The molecule has 1 fully saturated rings. The van der Waals surface area contributed by atoms with E-state index in [0.29, 0.717) is 26.2 Å². The van der Waals surface area contributed by atoms with Crippen molar-refractivity contribution in [3.63, 3.8) is 0 Å². The van der Waals surface area contributed by atoms with Gasteiger partial charge in [-0.15, -0.1) is 0 Å². The Morgan fingerprint density at radius 1 is 1.45 bits per heavy atom. The molecule has 1 aromatic rings. The van der Waals surface area contributed by atoms with Crippen LogP contribution in [0.25, 0.3) is 0 Å². The molecule has 0 aromatic heterocycles. The predicted molar refractivity (Wildman–Crippen MR) is 88.4 cm³/mol. The third-order valence-corrected chi connectivity index (χ3v) is 5.14. The summed E-state index contributed by atoms with van der Waals surface area (Å²) in [6.07, 6.45) is 2.49. The molecule has 22 heavy (non-hydrogen) atoms. The second-order valence-electron chi connectivity index (χ2n) is 5.62. The lowest BCUT2D eigenvalue weighted by atomic mass is 10.1. The zero-order chi connectivity index (χ0) is 15.9. The molecule has 1 N–H and O–H groups in total. The van der Waals surface area contributed by atoms with Gasteiger partial charge in [-0.25, -0.2) is 4.79 Å². The molecule has 1 aliphatic rings. The number of amides is 2. The van der Waals surface area contributed by atoms with E-state index in [1.807, 2.05) is 25.1 Å². The van der Waals surface area contributed by atoms with Crippen LogP contribution in [0, 0.1) is 0 Å². The van der Waals surface area contributed by atoms with Gasteiger partial charge in [0.2, 0.25) is 0 Å². The van der Waals surface area contributed by atoms with Crippen LogP contribution in [0.2, 0.25) is 0 Å². The number of hydrogen-bond acceptors (Lipinski definition) is 3. The second-order valence-corrected chi connectivity index (χ2v) is 7.43. The largest absolute Gasteiger partial charge is 0.374 e. The first-order valence-corrected chi connectivity index (χ1v) is 9.19. The first-order chi connectivity index (χ1) is 10.6. The highest BCUT2D eigenvalue weighted by Gasteiger charge is 2.24. The number of ether oxygens (including phenoxy) is 1. The van der Waals surface area contributed by atoms with Gasteiger partial charge in [0.25, 0.3) is 0 Å². The molecule has 3 atom stereocenters. The minimum absolute atomic E-state index is 0.0274. The van der Waals surface area contributed by atoms with Crippen molar-refractivity contribution in [2.45, 2.75) is 24.7 Å². The molecular weight excluding hydrogens is 300 g/mol. The Bertz CT molecular complexity index is 509. The number of urea groups is 1. The number of morpholine rings is 1. The number of carbonyl (C=O) groups is 1. The van der Waals surface area contributed by atoms with E-state index < -0.39 is 10.8 Å². The quantitative estimate of drug-likeness (QED) is 0.891. The molecule has 0 aliphatic carbocycles. The summed E-state index contributed by atoms with van der Waals surface area (Å²) in [6.45, 7) is 4.04. The summed E-state index contributed by atoms with van der Waals surface area (Å²) in [4.78, 5) is 14.0. The number of hydrogen-bond donors (Lipinski definition) is 1. The smallest absolute Gasteiger partial charge is 0.317 e. The number of nitrogens with zero attached hydrogens (tertiary/aromatic N) is 1. The Labute approximate surface area is 134 Å². The van der Waals surface area contributed by atoms with Crippen LogP contribution in [0.5, 0.6) is 0 Å². The van der Waals surface area contributed by atoms with Crippen molar-refractivity contribution >= 4 is 16.8 Å². The lowest BCUT2D eigenvalue weighted by Gasteiger charge is -2.33. The lowest BCUT2D eigenvalue weighted by molar-refractivity contribution is -0.0132. The van der Waals surface area contributed by atoms with Crippen LogP contribution in [0.1, 0.15) is 12.5 Å². The van der Waals surface area contributed by atoms with E-state index in [0.717, 1.165) is 6.42 Å². The van der Waals surface area contributed by atoms with Crippen LogP contribution in [0.3, 0.4) is 0 Å². The van der Waals surface area contributed by atoms with E-state index in [2.05, 4.69) is 17.4 Å². The monoisotopic (exact) mass is 324 g/mol. The van der Waals surface area contributed by atoms with Crippen LogP contribution in [0.4, 0.5) is 4.79 Å². The van der Waals surface area contributed by atoms with Crippen LogP contribution in [-0.4, -0.2) is 59.0 Å². The number of nitrogens with one attached hydrogen (secondary N) is 1. The van der Waals surface area contributed by atoms with Crippen molar-refractivity contribution in [2.75, 3.05) is 32.5 Å². The predicted octanol–water partition coefficient (Wildman–Crippen LogP) is 1.41. The second kappa shape index (κ2) is 8.29. The molecule has 1 aliphatic heterocycles. The highest BCUT2D eigenvalue weighted by Crippen LogP contribution is 2.11. The van der Waals surface area contributed by atoms with Crippen LogP contribution in [0.15, 0.2) is 30.3 Å². The maximum atomic E-state index is 12.2. The van der Waals surface area contributed by atoms with Crippen molar-refractivity contribution < 1.29 is 13.7 Å². The first-order valence-electron chi connectivity index (χ1n) is 7.57. The third-order valence-electron chi connectivity index (χ3n) is 3.84. The molecule has 0 radical (unpaired) electrons. The molecular formula is C16H24N2O3S. The molecule has 2 amide bonds. The Morgan fingerprint density at radius 2 is 2.18 bits per heavy atom. The highest BCUT2D eigenvalue weighted by atomic mass is 32.2. The Balaban J connectivity index is 1.82. The fraction of sp³-hybridized carbons (Fsp3) is 0.562. The summed E-state index contributed by atoms with van der Waals surface area (Å²) < 4.78 is 17.1. The maximum Gasteiger partial charge on any atom is 0.317 e. The van der Waals surface area contributed by atoms with Crippen LogP contribution in [-0.2, 0) is 22.0 Å². The van der Waals surface area contributed by atoms with Gasteiger partial charge in [-0.1, -0.05) is 30.3 Å². The maximum absolute atomic E-state index is 12.2. The van der Waals surface area contributed by atoms with Crippen molar-refractivity contribution in [3.05, 3.63) is 35.9 Å². The van der Waals surface area contributed by atoms with Crippen molar-refractivity contribution in [3.8, 4) is 0 Å².